The van der Waals surface area contributed by atoms with Gasteiger partial charge in [-0.2, -0.15) is 0 Å². The number of esters is 3. The Morgan fingerprint density at radius 3 is 2.10 bits per heavy atom. The number of ether oxygens (including phenoxy) is 4. The van der Waals surface area contributed by atoms with Crippen LogP contribution in [0.2, 0.25) is 0 Å². The summed E-state index contributed by atoms with van der Waals surface area (Å²) >= 11 is 0. The largest absolute Gasteiger partial charge is 0.481 e. The Morgan fingerprint density at radius 1 is 0.904 bits per heavy atom. The highest BCUT2D eigenvalue weighted by atomic mass is 16.6. The van der Waals surface area contributed by atoms with Crippen LogP contribution >= 0.6 is 0 Å². The second-order valence-electron chi connectivity index (χ2n) is 13.6. The molecule has 0 fully saturated rings. The van der Waals surface area contributed by atoms with Crippen LogP contribution < -0.4 is 10.1 Å². The van der Waals surface area contributed by atoms with E-state index < -0.39 is 53.8 Å². The Labute approximate surface area is 309 Å². The zero-order chi connectivity index (χ0) is 39.0. The van der Waals surface area contributed by atoms with Crippen LogP contribution in [-0.4, -0.2) is 77.6 Å². The fourth-order valence-electron chi connectivity index (χ4n) is 5.00. The first-order valence-corrected chi connectivity index (χ1v) is 18.2. The number of Topliss-reactive ketones (excluding diaryl/α,β-unsaturated/α-hetero) is 1. The van der Waals surface area contributed by atoms with E-state index in [0.717, 1.165) is 45.6 Å². The molecule has 0 aliphatic carbocycles. The van der Waals surface area contributed by atoms with E-state index in [1.807, 2.05) is 0 Å². The molecule has 0 aliphatic heterocycles. The van der Waals surface area contributed by atoms with Gasteiger partial charge in [0.25, 0.3) is 5.79 Å². The summed E-state index contributed by atoms with van der Waals surface area (Å²) in [6, 6.07) is 5.22. The van der Waals surface area contributed by atoms with E-state index in [0.29, 0.717) is 37.0 Å². The molecule has 0 heterocycles. The number of amides is 1. The van der Waals surface area contributed by atoms with Crippen molar-refractivity contribution in [2.45, 2.75) is 136 Å². The van der Waals surface area contributed by atoms with E-state index in [2.05, 4.69) is 28.8 Å². The van der Waals surface area contributed by atoms with Crippen LogP contribution in [0.4, 0.5) is 0 Å². The lowest BCUT2D eigenvalue weighted by molar-refractivity contribution is -0.230. The number of hydrogen-bond acceptors (Lipinski definition) is 11. The predicted octanol–water partition coefficient (Wildman–Crippen LogP) is 5.30. The number of hydrogen-bond donors (Lipinski definition) is 3. The Kier molecular flexibility index (Phi) is 21.9. The maximum Gasteiger partial charge on any atom is 0.368 e. The lowest BCUT2D eigenvalue weighted by atomic mass is 9.94. The van der Waals surface area contributed by atoms with Gasteiger partial charge in [-0.15, -0.1) is 5.92 Å². The van der Waals surface area contributed by atoms with Gasteiger partial charge >= 0.3 is 17.9 Å². The highest BCUT2D eigenvalue weighted by Crippen LogP contribution is 2.24. The van der Waals surface area contributed by atoms with Crippen LogP contribution in [0, 0.1) is 17.8 Å². The third-order valence-corrected chi connectivity index (χ3v) is 7.89. The summed E-state index contributed by atoms with van der Waals surface area (Å²) in [4.78, 5) is 63.6. The van der Waals surface area contributed by atoms with E-state index in [1.54, 1.807) is 37.3 Å². The molecule has 0 saturated carbocycles. The second kappa shape index (κ2) is 24.9. The van der Waals surface area contributed by atoms with Crippen LogP contribution in [0.5, 0.6) is 5.75 Å². The monoisotopic (exact) mass is 729 g/mol. The van der Waals surface area contributed by atoms with Crippen molar-refractivity contribution in [3.05, 3.63) is 42.0 Å². The smallest absolute Gasteiger partial charge is 0.368 e. The molecule has 0 aliphatic rings. The number of benzene rings is 1. The molecule has 1 aromatic rings. The van der Waals surface area contributed by atoms with Crippen LogP contribution in [-0.2, 0) is 44.6 Å². The van der Waals surface area contributed by atoms with Crippen molar-refractivity contribution < 1.29 is 53.1 Å². The highest BCUT2D eigenvalue weighted by Gasteiger charge is 2.48. The number of methoxy groups -OCH3 is 1. The fraction of sp³-hybridized carbons (Fsp3) is 0.625. The number of ketones is 1. The van der Waals surface area contributed by atoms with E-state index in [-0.39, 0.29) is 18.8 Å². The summed E-state index contributed by atoms with van der Waals surface area (Å²) in [7, 11) is 1.12. The Hall–Kier alpha value is -4.21. The van der Waals surface area contributed by atoms with E-state index >= 15 is 0 Å². The Balaban J connectivity index is 3.05. The molecule has 0 bridgehead atoms. The lowest BCUT2D eigenvalue weighted by Gasteiger charge is -2.31. The molecule has 0 spiro atoms. The first kappa shape index (κ1) is 45.8. The van der Waals surface area contributed by atoms with Crippen molar-refractivity contribution in [1.82, 2.24) is 5.32 Å². The third-order valence-electron chi connectivity index (χ3n) is 7.89. The zero-order valence-corrected chi connectivity index (χ0v) is 31.8. The topological polar surface area (TPSA) is 175 Å². The fourth-order valence-corrected chi connectivity index (χ4v) is 5.00. The number of unbranched alkanes of at least 4 members (excludes halogenated alkanes) is 8. The molecule has 12 nitrogen and oxygen atoms in total. The normalized spacial score (nSPS) is 12.6. The summed E-state index contributed by atoms with van der Waals surface area (Å²) in [6.07, 6.45) is 12.9. The van der Waals surface area contributed by atoms with Gasteiger partial charge in [-0.25, -0.2) is 14.4 Å². The molecule has 0 radical (unpaired) electrons. The number of carbonyl (C=O) groups excluding carboxylic acids is 5. The quantitative estimate of drug-likeness (QED) is 0.0298. The number of allylic oxidation sites excluding steroid dienone is 1. The summed E-state index contributed by atoms with van der Waals surface area (Å²) in [6.45, 7) is 7.92. The molecular weight excluding hydrogens is 670 g/mol. The molecule has 1 rings (SSSR count). The SMILES string of the molecule is CC#CCOc1ccc(C[C@H](NC(=O)[C@@H](C=CCCCCCCC(=O)CCCCCCC)C(O)(O)C(=O)OC(C)(C)C)C(=O)OCC(=O)OC)cc1. The van der Waals surface area contributed by atoms with Gasteiger partial charge in [0, 0.05) is 19.3 Å². The van der Waals surface area contributed by atoms with Crippen molar-refractivity contribution >= 4 is 29.6 Å². The van der Waals surface area contributed by atoms with Crippen LogP contribution in [0.25, 0.3) is 0 Å². The van der Waals surface area contributed by atoms with E-state index in [1.165, 1.54) is 39.7 Å². The van der Waals surface area contributed by atoms with Crippen LogP contribution in [0.1, 0.15) is 117 Å². The Morgan fingerprint density at radius 2 is 1.52 bits per heavy atom. The molecule has 2 atom stereocenters. The van der Waals surface area contributed by atoms with Crippen molar-refractivity contribution in [2.75, 3.05) is 20.3 Å². The average molecular weight is 730 g/mol. The maximum atomic E-state index is 13.7. The van der Waals surface area contributed by atoms with Crippen molar-refractivity contribution in [3.63, 3.8) is 0 Å². The lowest BCUT2D eigenvalue weighted by Crippen LogP contribution is -2.56. The van der Waals surface area contributed by atoms with Crippen LogP contribution in [0.15, 0.2) is 36.4 Å². The standard InChI is InChI=1S/C40H59NO11/c1-7-9-11-14-17-20-31(42)21-18-15-12-13-16-19-22-33(40(47,48)38(46)52-39(3,4)5)36(44)41-34(37(45)51-29-35(43)49-6)28-30-23-25-32(26-24-30)50-27-10-8-2/h19,22-26,33-34,47-48H,7,9,11-18,20-21,27-29H2,1-6H3,(H,41,44)/t33-,34+/m1/s1. The minimum Gasteiger partial charge on any atom is -0.481 e. The number of nitrogens with one attached hydrogen (secondary N) is 1. The molecule has 1 aromatic carbocycles. The van der Waals surface area contributed by atoms with Gasteiger partial charge in [-0.1, -0.05) is 75.7 Å². The summed E-state index contributed by atoms with van der Waals surface area (Å²) in [5, 5.41) is 24.5. The van der Waals surface area contributed by atoms with Gasteiger partial charge in [0.2, 0.25) is 5.91 Å². The molecule has 1 amide bonds. The number of aliphatic hydroxyl groups is 2. The molecule has 0 aromatic heterocycles. The number of carbonyl (C=O) groups is 5. The predicted molar refractivity (Wildman–Crippen MR) is 196 cm³/mol. The van der Waals surface area contributed by atoms with Gasteiger partial charge in [-0.3, -0.25) is 9.59 Å². The molecule has 3 N–H and O–H groups in total. The summed E-state index contributed by atoms with van der Waals surface area (Å²) < 4.78 is 20.3. The van der Waals surface area contributed by atoms with E-state index in [4.69, 9.17) is 14.2 Å². The minimum atomic E-state index is -3.30. The van der Waals surface area contributed by atoms with Crippen molar-refractivity contribution in [3.8, 4) is 17.6 Å². The first-order valence-electron chi connectivity index (χ1n) is 18.2. The first-order chi connectivity index (χ1) is 24.6. The third kappa shape index (κ3) is 19.4. The van der Waals surface area contributed by atoms with Crippen molar-refractivity contribution in [1.29, 1.82) is 0 Å². The average Bonchev–Trinajstić information content (AvgIpc) is 3.09. The number of rotatable bonds is 25. The van der Waals surface area contributed by atoms with Crippen LogP contribution in [0.3, 0.4) is 0 Å². The molecule has 0 saturated heterocycles. The maximum absolute atomic E-state index is 13.7. The van der Waals surface area contributed by atoms with Gasteiger partial charge in [0.15, 0.2) is 6.61 Å². The van der Waals surface area contributed by atoms with Gasteiger partial charge in [0.05, 0.1) is 7.11 Å². The minimum absolute atomic E-state index is 0.116. The zero-order valence-electron chi connectivity index (χ0n) is 31.8. The summed E-state index contributed by atoms with van der Waals surface area (Å²) in [5.74, 6) is -3.21. The summed E-state index contributed by atoms with van der Waals surface area (Å²) in [5.41, 5.74) is -0.532. The highest BCUT2D eigenvalue weighted by molar-refractivity contribution is 5.92. The van der Waals surface area contributed by atoms with Gasteiger partial charge in [-0.05, 0) is 71.1 Å². The molecule has 0 unspecified atom stereocenters. The Bertz CT molecular complexity index is 1350. The molecule has 290 valence electrons. The van der Waals surface area contributed by atoms with Gasteiger partial charge in [0.1, 0.15) is 35.7 Å². The van der Waals surface area contributed by atoms with Crippen molar-refractivity contribution in [2.24, 2.45) is 5.92 Å². The van der Waals surface area contributed by atoms with Gasteiger partial charge < -0.3 is 34.5 Å². The molecule has 12 heteroatoms. The van der Waals surface area contributed by atoms with E-state index in [9.17, 15) is 34.2 Å². The molecular formula is C40H59NO11. The molecule has 52 heavy (non-hydrogen) atoms. The second-order valence-corrected chi connectivity index (χ2v) is 13.6.